The van der Waals surface area contributed by atoms with Gasteiger partial charge in [-0.15, -0.1) is 0 Å². The van der Waals surface area contributed by atoms with Gasteiger partial charge in [0.25, 0.3) is 0 Å². The van der Waals surface area contributed by atoms with Crippen LogP contribution in [-0.4, -0.2) is 11.4 Å². The molecule has 1 aromatic heterocycles. The molecule has 1 aliphatic heterocycles. The maximum atomic E-state index is 13.1. The van der Waals surface area contributed by atoms with Gasteiger partial charge in [0.15, 0.2) is 0 Å². The van der Waals surface area contributed by atoms with E-state index in [-0.39, 0.29) is 19.1 Å². The van der Waals surface area contributed by atoms with Gasteiger partial charge in [0.2, 0.25) is 0 Å². The fraction of sp³-hybridized carbons (Fsp3) is 0.333. The molecule has 0 bridgehead atoms. The summed E-state index contributed by atoms with van der Waals surface area (Å²) in [5.41, 5.74) is 6.20. The van der Waals surface area contributed by atoms with Crippen LogP contribution in [0.1, 0.15) is 28.5 Å². The van der Waals surface area contributed by atoms with Crippen molar-refractivity contribution < 1.29 is 17.6 Å². The highest BCUT2D eigenvalue weighted by molar-refractivity contribution is 5.42. The first-order valence-electron chi connectivity index (χ1n) is 6.66. The average molecular weight is 296 g/mol. The van der Waals surface area contributed by atoms with Crippen molar-refractivity contribution in [2.75, 3.05) is 6.54 Å². The van der Waals surface area contributed by atoms with Crippen LogP contribution in [0.3, 0.4) is 0 Å². The van der Waals surface area contributed by atoms with Gasteiger partial charge >= 0.3 is 6.18 Å². The van der Waals surface area contributed by atoms with E-state index in [4.69, 9.17) is 10.2 Å². The first-order valence-corrected chi connectivity index (χ1v) is 6.66. The Bertz CT molecular complexity index is 622. The molecule has 2 aromatic rings. The number of hydrogen-bond acceptors (Lipinski definition) is 3. The minimum absolute atomic E-state index is 0.215. The highest BCUT2D eigenvalue weighted by Gasteiger charge is 2.39. The van der Waals surface area contributed by atoms with Crippen LogP contribution in [-0.2, 0) is 19.3 Å². The molecule has 0 fully saturated rings. The van der Waals surface area contributed by atoms with E-state index in [1.165, 1.54) is 6.07 Å². The predicted octanol–water partition coefficient (Wildman–Crippen LogP) is 3.31. The summed E-state index contributed by atoms with van der Waals surface area (Å²) in [5, 5.41) is 0. The van der Waals surface area contributed by atoms with Crippen LogP contribution in [0.2, 0.25) is 0 Å². The first kappa shape index (κ1) is 14.2. The smallest absolute Gasteiger partial charge is 0.416 e. The van der Waals surface area contributed by atoms with Crippen LogP contribution < -0.4 is 5.73 Å². The zero-order valence-electron chi connectivity index (χ0n) is 11.2. The van der Waals surface area contributed by atoms with Gasteiger partial charge in [-0.3, -0.25) is 4.90 Å². The summed E-state index contributed by atoms with van der Waals surface area (Å²) in [5.74, 6) is 0.717. The van der Waals surface area contributed by atoms with Crippen molar-refractivity contribution in [1.82, 2.24) is 4.90 Å². The normalized spacial score (nSPS) is 19.0. The molecular weight excluding hydrogens is 281 g/mol. The van der Waals surface area contributed by atoms with Crippen LogP contribution >= 0.6 is 0 Å². The van der Waals surface area contributed by atoms with E-state index in [2.05, 4.69) is 0 Å². The van der Waals surface area contributed by atoms with E-state index in [1.807, 2.05) is 4.90 Å². The molecule has 2 heterocycles. The predicted molar refractivity (Wildman–Crippen MR) is 71.2 cm³/mol. The molecule has 0 spiro atoms. The largest absolute Gasteiger partial charge is 0.468 e. The fourth-order valence-electron chi connectivity index (χ4n) is 2.91. The number of nitrogens with two attached hydrogens (primary N) is 1. The van der Waals surface area contributed by atoms with E-state index in [0.717, 1.165) is 11.8 Å². The quantitative estimate of drug-likeness (QED) is 0.945. The molecule has 0 saturated heterocycles. The summed E-state index contributed by atoms with van der Waals surface area (Å²) >= 11 is 0. The highest BCUT2D eigenvalue weighted by atomic mass is 19.4. The third-order valence-electron chi connectivity index (χ3n) is 3.84. The molecule has 3 nitrogen and oxygen atoms in total. The summed E-state index contributed by atoms with van der Waals surface area (Å²) in [6.07, 6.45) is -2.79. The number of fused-ring (bicyclic) bond motifs is 1. The molecular formula is C15H15F3N2O. The molecule has 21 heavy (non-hydrogen) atoms. The Morgan fingerprint density at radius 1 is 1.24 bits per heavy atom. The van der Waals surface area contributed by atoms with Crippen molar-refractivity contribution in [2.24, 2.45) is 5.73 Å². The average Bonchev–Trinajstić information content (AvgIpc) is 3.04. The lowest BCUT2D eigenvalue weighted by Crippen LogP contribution is -2.27. The number of nitrogens with zero attached hydrogens (tertiary/aromatic N) is 1. The first-order chi connectivity index (χ1) is 10.0. The summed E-state index contributed by atoms with van der Waals surface area (Å²) in [7, 11) is 0. The van der Waals surface area contributed by atoms with Gasteiger partial charge in [0, 0.05) is 19.1 Å². The fourth-order valence-corrected chi connectivity index (χ4v) is 2.91. The topological polar surface area (TPSA) is 42.4 Å². The third kappa shape index (κ3) is 2.56. The van der Waals surface area contributed by atoms with E-state index in [9.17, 15) is 13.2 Å². The number of rotatable bonds is 3. The van der Waals surface area contributed by atoms with Gasteiger partial charge in [0.1, 0.15) is 5.76 Å². The minimum Gasteiger partial charge on any atom is -0.468 e. The minimum atomic E-state index is -4.34. The SMILES string of the molecule is NCC1c2cccc(C(F)(F)F)c2CN1Cc1ccco1. The molecule has 0 radical (unpaired) electrons. The zero-order chi connectivity index (χ0) is 15.0. The molecule has 0 amide bonds. The van der Waals surface area contributed by atoms with E-state index in [0.29, 0.717) is 17.7 Å². The van der Waals surface area contributed by atoms with Crippen LogP contribution in [0.5, 0.6) is 0 Å². The Morgan fingerprint density at radius 3 is 2.67 bits per heavy atom. The van der Waals surface area contributed by atoms with Gasteiger partial charge in [-0.05, 0) is 29.3 Å². The molecule has 1 atom stereocenters. The second-order valence-electron chi connectivity index (χ2n) is 5.11. The number of alkyl halides is 3. The standard InChI is InChI=1S/C15H15F3N2O/c16-15(17,18)13-5-1-4-11-12(13)9-20(14(11)7-19)8-10-3-2-6-21-10/h1-6,14H,7-9,19H2. The zero-order valence-corrected chi connectivity index (χ0v) is 11.2. The summed E-state index contributed by atoms with van der Waals surface area (Å²) in [6.45, 7) is 0.948. The molecule has 0 aliphatic carbocycles. The van der Waals surface area contributed by atoms with Crippen LogP contribution in [0.15, 0.2) is 41.0 Å². The lowest BCUT2D eigenvalue weighted by Gasteiger charge is -2.22. The van der Waals surface area contributed by atoms with Gasteiger partial charge in [-0.25, -0.2) is 0 Å². The Balaban J connectivity index is 1.95. The summed E-state index contributed by atoms with van der Waals surface area (Å²) < 4.78 is 44.6. The molecule has 1 aromatic carbocycles. The third-order valence-corrected chi connectivity index (χ3v) is 3.84. The maximum absolute atomic E-state index is 13.1. The van der Waals surface area contributed by atoms with Gasteiger partial charge in [-0.2, -0.15) is 13.2 Å². The Kier molecular flexibility index (Phi) is 3.51. The van der Waals surface area contributed by atoms with Gasteiger partial charge in [-0.1, -0.05) is 12.1 Å². The van der Waals surface area contributed by atoms with Gasteiger partial charge in [0.05, 0.1) is 18.4 Å². The van der Waals surface area contributed by atoms with Crippen molar-refractivity contribution in [1.29, 1.82) is 0 Å². The van der Waals surface area contributed by atoms with E-state index < -0.39 is 11.7 Å². The number of halogens is 3. The van der Waals surface area contributed by atoms with Gasteiger partial charge < -0.3 is 10.2 Å². The van der Waals surface area contributed by atoms with E-state index in [1.54, 1.807) is 24.5 Å². The van der Waals surface area contributed by atoms with Crippen molar-refractivity contribution in [3.05, 3.63) is 59.0 Å². The Labute approximate surface area is 120 Å². The Morgan fingerprint density at radius 2 is 2.05 bits per heavy atom. The number of furan rings is 1. The molecule has 0 saturated carbocycles. The molecule has 1 aliphatic rings. The number of hydrogen-bond donors (Lipinski definition) is 1. The lowest BCUT2D eigenvalue weighted by atomic mass is 9.99. The van der Waals surface area contributed by atoms with Crippen LogP contribution in [0.25, 0.3) is 0 Å². The molecule has 3 rings (SSSR count). The highest BCUT2D eigenvalue weighted by Crippen LogP contribution is 2.41. The molecule has 1 unspecified atom stereocenters. The van der Waals surface area contributed by atoms with Crippen molar-refractivity contribution in [2.45, 2.75) is 25.3 Å². The maximum Gasteiger partial charge on any atom is 0.416 e. The molecule has 2 N–H and O–H groups in total. The Hall–Kier alpha value is -1.79. The van der Waals surface area contributed by atoms with E-state index >= 15 is 0 Å². The second kappa shape index (κ2) is 5.20. The van der Waals surface area contributed by atoms with Crippen LogP contribution in [0, 0.1) is 0 Å². The summed E-state index contributed by atoms with van der Waals surface area (Å²) in [4.78, 5) is 1.92. The second-order valence-corrected chi connectivity index (χ2v) is 5.11. The monoisotopic (exact) mass is 296 g/mol. The van der Waals surface area contributed by atoms with Crippen molar-refractivity contribution in [3.8, 4) is 0 Å². The van der Waals surface area contributed by atoms with Crippen molar-refractivity contribution >= 4 is 0 Å². The van der Waals surface area contributed by atoms with Crippen molar-refractivity contribution in [3.63, 3.8) is 0 Å². The number of benzene rings is 1. The molecule has 6 heteroatoms. The molecule has 112 valence electrons. The summed E-state index contributed by atoms with van der Waals surface area (Å²) in [6, 6.07) is 7.65. The lowest BCUT2D eigenvalue weighted by molar-refractivity contribution is -0.138. The van der Waals surface area contributed by atoms with Crippen LogP contribution in [0.4, 0.5) is 13.2 Å².